The Balaban J connectivity index is 3.47. The second-order valence-corrected chi connectivity index (χ2v) is 7.81. The van der Waals surface area contributed by atoms with E-state index >= 15 is 0 Å². The first-order valence-corrected chi connectivity index (χ1v) is 8.77. The summed E-state index contributed by atoms with van der Waals surface area (Å²) in [5.74, 6) is 0. The van der Waals surface area contributed by atoms with E-state index in [-0.39, 0.29) is 11.1 Å². The van der Waals surface area contributed by atoms with Crippen molar-refractivity contribution >= 4 is 20.2 Å². The van der Waals surface area contributed by atoms with Crippen LogP contribution in [0.1, 0.15) is 11.1 Å². The van der Waals surface area contributed by atoms with Gasteiger partial charge in [-0.05, 0) is 31.0 Å². The summed E-state index contributed by atoms with van der Waals surface area (Å²) in [6, 6.07) is 3.46. The van der Waals surface area contributed by atoms with Gasteiger partial charge in [-0.1, -0.05) is 12.1 Å². The Labute approximate surface area is 134 Å². The highest BCUT2D eigenvalue weighted by Gasteiger charge is 2.66. The molecule has 0 saturated heterocycles. The van der Waals surface area contributed by atoms with Crippen molar-refractivity contribution in [3.63, 3.8) is 0 Å². The highest BCUT2D eigenvalue weighted by atomic mass is 32.2. The molecular formula is C11H11F5O6S2. The van der Waals surface area contributed by atoms with Crippen LogP contribution < -0.4 is 0 Å². The largest absolute Gasteiger partial charge is 0.423 e. The van der Waals surface area contributed by atoms with Crippen molar-refractivity contribution in [1.82, 2.24) is 0 Å². The topological polar surface area (TPSA) is 97.7 Å². The van der Waals surface area contributed by atoms with Crippen LogP contribution in [0, 0.1) is 13.8 Å². The van der Waals surface area contributed by atoms with Gasteiger partial charge in [-0.2, -0.15) is 38.8 Å². The molecule has 0 aromatic heterocycles. The average molecular weight is 398 g/mol. The van der Waals surface area contributed by atoms with Gasteiger partial charge in [0.1, 0.15) is 0 Å². The van der Waals surface area contributed by atoms with Crippen molar-refractivity contribution < 1.29 is 47.5 Å². The molecule has 138 valence electrons. The highest BCUT2D eigenvalue weighted by Crippen LogP contribution is 2.39. The smallest absolute Gasteiger partial charge is 0.281 e. The van der Waals surface area contributed by atoms with E-state index in [1.807, 2.05) is 0 Å². The first-order chi connectivity index (χ1) is 10.5. The van der Waals surface area contributed by atoms with E-state index in [1.165, 1.54) is 26.0 Å². The van der Waals surface area contributed by atoms with Crippen molar-refractivity contribution in [2.24, 2.45) is 0 Å². The van der Waals surface area contributed by atoms with Gasteiger partial charge in [-0.15, -0.1) is 0 Å². The van der Waals surface area contributed by atoms with Gasteiger partial charge in [-0.25, -0.2) is 4.18 Å². The lowest BCUT2D eigenvalue weighted by atomic mass is 10.2. The summed E-state index contributed by atoms with van der Waals surface area (Å²) in [4.78, 5) is -0.845. The van der Waals surface area contributed by atoms with Crippen molar-refractivity contribution in [3.05, 3.63) is 29.3 Å². The minimum atomic E-state index is -6.60. The number of aryl methyl sites for hydroxylation is 2. The molecule has 0 amide bonds. The number of halogens is 5. The third kappa shape index (κ3) is 4.20. The maximum absolute atomic E-state index is 13.4. The predicted molar refractivity (Wildman–Crippen MR) is 70.5 cm³/mol. The molecule has 0 saturated carbocycles. The molecular weight excluding hydrogens is 387 g/mol. The normalized spacial score (nSPS) is 15.3. The molecule has 0 aliphatic rings. The molecule has 0 bridgehead atoms. The molecule has 1 unspecified atom stereocenters. The molecule has 24 heavy (non-hydrogen) atoms. The molecule has 0 radical (unpaired) electrons. The SMILES string of the molecule is Cc1ccc(C)c(S(=O)(=O)OC(C(F)(F)F)C(F)(F)S(=O)(=O)O)c1. The van der Waals surface area contributed by atoms with Crippen LogP contribution in [0.3, 0.4) is 0 Å². The fourth-order valence-electron chi connectivity index (χ4n) is 1.59. The van der Waals surface area contributed by atoms with Crippen molar-refractivity contribution in [3.8, 4) is 0 Å². The molecule has 6 nitrogen and oxygen atoms in total. The quantitative estimate of drug-likeness (QED) is 0.465. The summed E-state index contributed by atoms with van der Waals surface area (Å²) in [6.45, 7) is 2.55. The fourth-order valence-corrected chi connectivity index (χ4v) is 3.48. The molecule has 0 fully saturated rings. The number of alkyl halides is 5. The van der Waals surface area contributed by atoms with Crippen LogP contribution in [0.5, 0.6) is 0 Å². The van der Waals surface area contributed by atoms with E-state index in [4.69, 9.17) is 4.55 Å². The summed E-state index contributed by atoms with van der Waals surface area (Å²) in [7, 11) is -12.0. The number of hydrogen-bond donors (Lipinski definition) is 1. The summed E-state index contributed by atoms with van der Waals surface area (Å²) in [6.07, 6.45) is -10.7. The van der Waals surface area contributed by atoms with E-state index in [2.05, 4.69) is 4.18 Å². The predicted octanol–water partition coefficient (Wildman–Crippen LogP) is 2.42. The van der Waals surface area contributed by atoms with Crippen LogP contribution in [-0.2, 0) is 24.4 Å². The molecule has 1 aromatic carbocycles. The first kappa shape index (κ1) is 20.7. The van der Waals surface area contributed by atoms with Crippen LogP contribution in [0.15, 0.2) is 23.1 Å². The lowest BCUT2D eigenvalue weighted by molar-refractivity contribution is -0.237. The van der Waals surface area contributed by atoms with Crippen LogP contribution in [-0.4, -0.2) is 38.9 Å². The zero-order valence-corrected chi connectivity index (χ0v) is 13.6. The van der Waals surface area contributed by atoms with Gasteiger partial charge in [0, 0.05) is 0 Å². The first-order valence-electron chi connectivity index (χ1n) is 5.92. The Morgan fingerprint density at radius 1 is 1.04 bits per heavy atom. The minimum Gasteiger partial charge on any atom is -0.281 e. The number of benzene rings is 1. The molecule has 0 heterocycles. The van der Waals surface area contributed by atoms with E-state index in [0.29, 0.717) is 0 Å². The van der Waals surface area contributed by atoms with Crippen molar-refractivity contribution in [1.29, 1.82) is 0 Å². The standard InChI is InChI=1S/C11H11F5O6S2/c1-6-3-4-7(2)8(5-6)23(17,18)22-9(10(12,13)14)11(15,16)24(19,20)21/h3-5,9H,1-2H3,(H,19,20,21). The van der Waals surface area contributed by atoms with E-state index in [1.54, 1.807) is 0 Å². The van der Waals surface area contributed by atoms with Gasteiger partial charge in [0.25, 0.3) is 16.2 Å². The molecule has 0 aliphatic carbocycles. The molecule has 1 N–H and O–H groups in total. The molecule has 1 aromatic rings. The maximum atomic E-state index is 13.4. The monoisotopic (exact) mass is 398 g/mol. The summed E-state index contributed by atoms with van der Waals surface area (Å²) in [5.41, 5.74) is 0.157. The highest BCUT2D eigenvalue weighted by molar-refractivity contribution is 7.87. The van der Waals surface area contributed by atoms with Crippen LogP contribution in [0.4, 0.5) is 22.0 Å². The lowest BCUT2D eigenvalue weighted by Gasteiger charge is -2.26. The fraction of sp³-hybridized carbons (Fsp3) is 0.455. The van der Waals surface area contributed by atoms with E-state index < -0.39 is 42.7 Å². The van der Waals surface area contributed by atoms with Gasteiger partial charge in [0.15, 0.2) is 0 Å². The third-order valence-electron chi connectivity index (χ3n) is 2.78. The third-order valence-corrected chi connectivity index (χ3v) is 5.11. The van der Waals surface area contributed by atoms with Crippen LogP contribution >= 0.6 is 0 Å². The Bertz CT molecular complexity index is 829. The Kier molecular flexibility index (Phi) is 5.36. The van der Waals surface area contributed by atoms with Gasteiger partial charge < -0.3 is 0 Å². The molecule has 0 aliphatic heterocycles. The lowest BCUT2D eigenvalue weighted by Crippen LogP contribution is -2.52. The van der Waals surface area contributed by atoms with Gasteiger partial charge in [-0.3, -0.25) is 4.55 Å². The van der Waals surface area contributed by atoms with Gasteiger partial charge >= 0.3 is 21.5 Å². The van der Waals surface area contributed by atoms with Crippen molar-refractivity contribution in [2.75, 3.05) is 0 Å². The molecule has 0 spiro atoms. The Morgan fingerprint density at radius 3 is 1.96 bits per heavy atom. The zero-order chi connectivity index (χ0) is 19.1. The second kappa shape index (κ2) is 6.20. The summed E-state index contributed by atoms with van der Waals surface area (Å²) < 4.78 is 122. The Hall–Kier alpha value is -1.31. The van der Waals surface area contributed by atoms with Crippen LogP contribution in [0.2, 0.25) is 0 Å². The van der Waals surface area contributed by atoms with Gasteiger partial charge in [0.05, 0.1) is 4.90 Å². The molecule has 13 heteroatoms. The van der Waals surface area contributed by atoms with Crippen molar-refractivity contribution in [2.45, 2.75) is 36.3 Å². The second-order valence-electron chi connectivity index (χ2n) is 4.78. The maximum Gasteiger partial charge on any atom is 0.423 e. The summed E-state index contributed by atoms with van der Waals surface area (Å²) in [5, 5.41) is -5.93. The Morgan fingerprint density at radius 2 is 1.54 bits per heavy atom. The number of hydrogen-bond acceptors (Lipinski definition) is 5. The molecule has 1 atom stereocenters. The van der Waals surface area contributed by atoms with E-state index in [9.17, 15) is 38.8 Å². The molecule has 1 rings (SSSR count). The average Bonchev–Trinajstić information content (AvgIpc) is 2.36. The van der Waals surface area contributed by atoms with E-state index in [0.717, 1.165) is 6.07 Å². The minimum absolute atomic E-state index is 0.114. The van der Waals surface area contributed by atoms with Gasteiger partial charge in [0.2, 0.25) is 0 Å². The number of rotatable bonds is 5. The summed E-state index contributed by atoms with van der Waals surface area (Å²) >= 11 is 0. The zero-order valence-electron chi connectivity index (χ0n) is 12.0. The van der Waals surface area contributed by atoms with Crippen LogP contribution in [0.25, 0.3) is 0 Å².